The third-order valence-corrected chi connectivity index (χ3v) is 12.6. The molecule has 59 heavy (non-hydrogen) atoms. The first-order chi connectivity index (χ1) is 28.5. The van der Waals surface area contributed by atoms with Crippen LogP contribution in [0.25, 0.3) is 16.6 Å². The molecule has 8 rings (SSSR count). The van der Waals surface area contributed by atoms with Gasteiger partial charge < -0.3 is 24.9 Å². The highest BCUT2D eigenvalue weighted by molar-refractivity contribution is 7.94. The van der Waals surface area contributed by atoms with E-state index in [9.17, 15) is 17.6 Å². The largest absolute Gasteiger partial charge is 0.454 e. The molecular weight excluding hydrogens is 777 g/mol. The number of aromatic amines is 1. The Balaban J connectivity index is 0.969. The van der Waals surface area contributed by atoms with Crippen molar-refractivity contribution in [1.82, 2.24) is 14.8 Å². The molecule has 1 fully saturated rings. The summed E-state index contributed by atoms with van der Waals surface area (Å²) in [6.07, 6.45) is 1.68. The van der Waals surface area contributed by atoms with E-state index >= 15 is 4.39 Å². The smallest absolute Gasteiger partial charge is 0.238 e. The van der Waals surface area contributed by atoms with Crippen molar-refractivity contribution >= 4 is 38.2 Å². The predicted molar refractivity (Wildman–Crippen MR) is 221 cm³/mol. The molecule has 0 amide bonds. The van der Waals surface area contributed by atoms with E-state index in [2.05, 4.69) is 14.8 Å². The van der Waals surface area contributed by atoms with Crippen LogP contribution < -0.4 is 15.2 Å². The van der Waals surface area contributed by atoms with Crippen molar-refractivity contribution in [2.75, 3.05) is 17.1 Å². The molecule has 5 aromatic carbocycles. The number of anilines is 2. The Hall–Kier alpha value is -6.35. The number of nitrogen functional groups attached to an aromatic ring is 1. The summed E-state index contributed by atoms with van der Waals surface area (Å²) in [6, 6.07) is 34.3. The fraction of sp³-hybridized carbons (Fsp3) is 0.200. The molecule has 1 unspecified atom stereocenters. The Kier molecular flexibility index (Phi) is 11.0. The van der Waals surface area contributed by atoms with Crippen molar-refractivity contribution in [1.29, 1.82) is 0 Å². The highest BCUT2D eigenvalue weighted by Crippen LogP contribution is 2.48. The van der Waals surface area contributed by atoms with Crippen LogP contribution in [0.3, 0.4) is 0 Å². The number of ether oxygens (including phenoxy) is 3. The molecule has 0 aliphatic heterocycles. The van der Waals surface area contributed by atoms with Gasteiger partial charge in [0.25, 0.3) is 0 Å². The summed E-state index contributed by atoms with van der Waals surface area (Å²) in [5.74, 6) is -1.26. The predicted octanol–water partition coefficient (Wildman–Crippen LogP) is 9.01. The van der Waals surface area contributed by atoms with Crippen molar-refractivity contribution in [3.8, 4) is 17.2 Å². The summed E-state index contributed by atoms with van der Waals surface area (Å²) < 4.78 is 78.4. The maximum atomic E-state index is 15.6. The average molecular weight is 818 g/mol. The number of hydrogen-bond acceptors (Lipinski definition) is 8. The molecule has 1 aliphatic carbocycles. The molecule has 2 heterocycles. The van der Waals surface area contributed by atoms with Gasteiger partial charge in [-0.25, -0.2) is 21.9 Å². The number of para-hydroxylation sites is 1. The SMILES string of the molecule is Cc1cc(Oc2ccccc2F)ccc1-n1ncc(C(=O)c2cc3cc(F)c(NS(=O)(=O)C4(CC(COCc5ccccc5)OCc5ccccc5)CC4)cc3[nH]2)c1N. The number of aromatic nitrogens is 3. The van der Waals surface area contributed by atoms with Crippen molar-refractivity contribution in [3.63, 3.8) is 0 Å². The topological polar surface area (TPSA) is 151 Å². The van der Waals surface area contributed by atoms with Gasteiger partial charge in [0.15, 0.2) is 11.6 Å². The zero-order valence-corrected chi connectivity index (χ0v) is 32.8. The van der Waals surface area contributed by atoms with Gasteiger partial charge in [0.1, 0.15) is 17.4 Å². The highest BCUT2D eigenvalue weighted by Gasteiger charge is 2.56. The monoisotopic (exact) mass is 817 g/mol. The fourth-order valence-corrected chi connectivity index (χ4v) is 8.74. The molecule has 0 radical (unpaired) electrons. The van der Waals surface area contributed by atoms with Crippen LogP contribution in [0, 0.1) is 18.6 Å². The lowest BCUT2D eigenvalue weighted by molar-refractivity contribution is -0.0344. The number of halogens is 2. The van der Waals surface area contributed by atoms with Crippen LogP contribution in [-0.4, -0.2) is 46.4 Å². The van der Waals surface area contributed by atoms with Gasteiger partial charge in [-0.3, -0.25) is 9.52 Å². The van der Waals surface area contributed by atoms with Crippen LogP contribution in [-0.2, 0) is 32.7 Å². The number of sulfonamides is 1. The van der Waals surface area contributed by atoms with Gasteiger partial charge in [-0.05, 0) is 91.4 Å². The standard InChI is InChI=1S/C45H41F2N5O6S/c1-29-20-33(58-42-15-9-8-14-36(42)46)16-17-41(29)52-44(48)35(25-49-52)43(53)40-22-32-21-37(47)39(23-38(32)50-40)51-59(54,55)45(18-19-45)24-34(57-27-31-12-6-3-7-13-31)28-56-26-30-10-4-2-5-11-30/h2-17,20-23,25,34,50-51H,18-19,24,26-28,48H2,1H3. The van der Waals surface area contributed by atoms with E-state index in [1.54, 1.807) is 37.3 Å². The van der Waals surface area contributed by atoms with Gasteiger partial charge in [0.2, 0.25) is 15.8 Å². The van der Waals surface area contributed by atoms with Crippen molar-refractivity contribution in [3.05, 3.63) is 167 Å². The van der Waals surface area contributed by atoms with E-state index < -0.39 is 38.3 Å². The van der Waals surface area contributed by atoms with Gasteiger partial charge in [0.05, 0.1) is 59.5 Å². The first kappa shape index (κ1) is 39.5. The number of nitrogens with zero attached hydrogens (tertiary/aromatic N) is 2. The Labute approximate surface area is 339 Å². The van der Waals surface area contributed by atoms with Crippen LogP contribution in [0.15, 0.2) is 128 Å². The molecule has 4 N–H and O–H groups in total. The van der Waals surface area contributed by atoms with E-state index in [4.69, 9.17) is 19.9 Å². The van der Waals surface area contributed by atoms with Gasteiger partial charge >= 0.3 is 0 Å². The molecule has 0 bridgehead atoms. The summed E-state index contributed by atoms with van der Waals surface area (Å²) in [5.41, 5.74) is 9.92. The Morgan fingerprint density at radius 3 is 2.29 bits per heavy atom. The molecular formula is C45H41F2N5O6S. The maximum Gasteiger partial charge on any atom is 0.238 e. The quantitative estimate of drug-likeness (QED) is 0.0771. The number of fused-ring (bicyclic) bond motifs is 1. The summed E-state index contributed by atoms with van der Waals surface area (Å²) in [7, 11) is -4.11. The second-order valence-electron chi connectivity index (χ2n) is 14.7. The minimum Gasteiger partial charge on any atom is -0.454 e. The molecule has 302 valence electrons. The third kappa shape index (κ3) is 8.60. The first-order valence-electron chi connectivity index (χ1n) is 19.0. The summed E-state index contributed by atoms with van der Waals surface area (Å²) in [5, 5.41) is 4.71. The fourth-order valence-electron chi connectivity index (χ4n) is 7.03. The van der Waals surface area contributed by atoms with Crippen LogP contribution in [0.1, 0.15) is 52.0 Å². The van der Waals surface area contributed by atoms with Crippen LogP contribution >= 0.6 is 0 Å². The number of carbonyl (C=O) groups excluding carboxylic acids is 1. The van der Waals surface area contributed by atoms with E-state index in [1.807, 2.05) is 60.7 Å². The number of ketones is 1. The normalized spacial score (nSPS) is 13.9. The molecule has 1 saturated carbocycles. The summed E-state index contributed by atoms with van der Waals surface area (Å²) >= 11 is 0. The average Bonchev–Trinajstić information content (AvgIpc) is 3.77. The number of nitrogens with one attached hydrogen (secondary N) is 2. The van der Waals surface area contributed by atoms with Gasteiger partial charge in [-0.1, -0.05) is 72.8 Å². The molecule has 11 nitrogen and oxygen atoms in total. The third-order valence-electron chi connectivity index (χ3n) is 10.4. The van der Waals surface area contributed by atoms with Crippen LogP contribution in [0.2, 0.25) is 0 Å². The van der Waals surface area contributed by atoms with E-state index in [1.165, 1.54) is 41.2 Å². The lowest BCUT2D eigenvalue weighted by Gasteiger charge is -2.24. The Morgan fingerprint density at radius 1 is 0.898 bits per heavy atom. The zero-order valence-electron chi connectivity index (χ0n) is 32.0. The Morgan fingerprint density at radius 2 is 1.59 bits per heavy atom. The summed E-state index contributed by atoms with van der Waals surface area (Å²) in [4.78, 5) is 16.7. The number of nitrogens with two attached hydrogens (primary N) is 1. The number of benzene rings is 5. The summed E-state index contributed by atoms with van der Waals surface area (Å²) in [6.45, 7) is 2.58. The first-order valence-corrected chi connectivity index (χ1v) is 20.5. The van der Waals surface area contributed by atoms with Gasteiger partial charge in [0, 0.05) is 10.9 Å². The van der Waals surface area contributed by atoms with Crippen molar-refractivity contribution in [2.24, 2.45) is 0 Å². The minimum atomic E-state index is -4.11. The van der Waals surface area contributed by atoms with E-state index in [-0.39, 0.29) is 48.1 Å². The molecule has 1 atom stereocenters. The van der Waals surface area contributed by atoms with Crippen molar-refractivity contribution < 1.29 is 36.2 Å². The second kappa shape index (κ2) is 16.5. The van der Waals surface area contributed by atoms with Gasteiger partial charge in [-0.2, -0.15) is 5.10 Å². The minimum absolute atomic E-state index is 0.0606. The number of H-pyrrole nitrogens is 1. The molecule has 0 saturated heterocycles. The molecule has 7 aromatic rings. The lowest BCUT2D eigenvalue weighted by Crippen LogP contribution is -2.36. The molecule has 0 spiro atoms. The maximum absolute atomic E-state index is 15.6. The second-order valence-corrected chi connectivity index (χ2v) is 16.8. The van der Waals surface area contributed by atoms with Crippen molar-refractivity contribution in [2.45, 2.75) is 50.3 Å². The number of aryl methyl sites for hydroxylation is 1. The van der Waals surface area contributed by atoms with E-state index in [0.29, 0.717) is 47.4 Å². The zero-order chi connectivity index (χ0) is 41.1. The number of hydrogen-bond donors (Lipinski definition) is 3. The van der Waals surface area contributed by atoms with Gasteiger partial charge in [-0.15, -0.1) is 0 Å². The van der Waals surface area contributed by atoms with E-state index in [0.717, 1.165) is 11.1 Å². The van der Waals surface area contributed by atoms with Crippen LogP contribution in [0.4, 0.5) is 20.3 Å². The lowest BCUT2D eigenvalue weighted by atomic mass is 10.1. The molecule has 1 aliphatic rings. The highest BCUT2D eigenvalue weighted by atomic mass is 32.2. The van der Waals surface area contributed by atoms with Crippen LogP contribution in [0.5, 0.6) is 11.5 Å². The number of rotatable bonds is 17. The number of carbonyl (C=O) groups is 1. The molecule has 14 heteroatoms. The molecule has 2 aromatic heterocycles. The Bertz CT molecular complexity index is 2740.